The van der Waals surface area contributed by atoms with E-state index in [1.807, 2.05) is 0 Å². The summed E-state index contributed by atoms with van der Waals surface area (Å²) in [6.07, 6.45) is 10.3. The molecule has 0 aliphatic heterocycles. The van der Waals surface area contributed by atoms with Crippen LogP contribution in [0.3, 0.4) is 0 Å². The Hall–Kier alpha value is -0.530. The minimum atomic E-state index is -0.508. The van der Waals surface area contributed by atoms with Gasteiger partial charge in [-0.1, -0.05) is 39.0 Å². The van der Waals surface area contributed by atoms with Gasteiger partial charge in [0.05, 0.1) is 5.41 Å². The molecule has 0 aromatic rings. The van der Waals surface area contributed by atoms with E-state index < -0.39 is 5.97 Å². The molecule has 0 saturated heterocycles. The zero-order valence-electron chi connectivity index (χ0n) is 10.4. The Labute approximate surface area is 98.4 Å². The van der Waals surface area contributed by atoms with E-state index in [1.54, 1.807) is 0 Å². The minimum Gasteiger partial charge on any atom is -0.481 e. The summed E-state index contributed by atoms with van der Waals surface area (Å²) in [4.78, 5) is 11.7. The van der Waals surface area contributed by atoms with Crippen molar-refractivity contribution in [1.29, 1.82) is 0 Å². The highest BCUT2D eigenvalue weighted by Gasteiger charge is 2.47. The first-order valence-electron chi connectivity index (χ1n) is 6.88. The predicted octanol–water partition coefficient (Wildman–Crippen LogP) is 3.85. The molecule has 2 fully saturated rings. The van der Waals surface area contributed by atoms with Crippen LogP contribution in [0.15, 0.2) is 0 Å². The van der Waals surface area contributed by atoms with E-state index >= 15 is 0 Å². The Kier molecular flexibility index (Phi) is 3.56. The number of carboxylic acid groups (broad SMARTS) is 1. The van der Waals surface area contributed by atoms with Crippen LogP contribution in [0.4, 0.5) is 0 Å². The van der Waals surface area contributed by atoms with Crippen LogP contribution < -0.4 is 0 Å². The lowest BCUT2D eigenvalue weighted by atomic mass is 9.60. The van der Waals surface area contributed by atoms with Crippen molar-refractivity contribution in [1.82, 2.24) is 0 Å². The summed E-state index contributed by atoms with van der Waals surface area (Å²) in [5, 5.41) is 9.66. The molecule has 0 bridgehead atoms. The van der Waals surface area contributed by atoms with E-state index in [4.69, 9.17) is 0 Å². The molecule has 0 heterocycles. The number of carbonyl (C=O) groups is 1. The van der Waals surface area contributed by atoms with E-state index in [0.29, 0.717) is 11.8 Å². The van der Waals surface area contributed by atoms with Crippen LogP contribution >= 0.6 is 0 Å². The highest BCUT2D eigenvalue weighted by Crippen LogP contribution is 2.49. The number of hydrogen-bond acceptors (Lipinski definition) is 1. The third-order valence-electron chi connectivity index (χ3n) is 4.85. The van der Waals surface area contributed by atoms with Gasteiger partial charge in [-0.3, -0.25) is 4.79 Å². The number of hydrogen-bond donors (Lipinski definition) is 1. The number of aliphatic carboxylic acids is 1. The SMILES string of the molecule is CC1CCCC(C(=O)O)(C2CCCCC2)C1. The third kappa shape index (κ3) is 2.11. The quantitative estimate of drug-likeness (QED) is 0.773. The minimum absolute atomic E-state index is 0.363. The average molecular weight is 224 g/mol. The van der Waals surface area contributed by atoms with Gasteiger partial charge in [0.15, 0.2) is 0 Å². The summed E-state index contributed by atoms with van der Waals surface area (Å²) >= 11 is 0. The fourth-order valence-electron chi connectivity index (χ4n) is 3.99. The molecular weight excluding hydrogens is 200 g/mol. The van der Waals surface area contributed by atoms with Crippen LogP contribution in [-0.4, -0.2) is 11.1 Å². The molecule has 0 aromatic carbocycles. The number of rotatable bonds is 2. The topological polar surface area (TPSA) is 37.3 Å². The zero-order chi connectivity index (χ0) is 11.6. The molecule has 0 spiro atoms. The lowest BCUT2D eigenvalue weighted by Gasteiger charge is -2.44. The van der Waals surface area contributed by atoms with Gasteiger partial charge < -0.3 is 5.11 Å². The number of carboxylic acids is 1. The Morgan fingerprint density at radius 2 is 1.81 bits per heavy atom. The molecule has 92 valence electrons. The van der Waals surface area contributed by atoms with Gasteiger partial charge >= 0.3 is 5.97 Å². The Morgan fingerprint density at radius 3 is 2.38 bits per heavy atom. The molecule has 2 rings (SSSR count). The molecule has 1 N–H and O–H groups in total. The maximum absolute atomic E-state index is 11.7. The van der Waals surface area contributed by atoms with Crippen molar-refractivity contribution in [2.24, 2.45) is 17.3 Å². The molecular formula is C14H24O2. The van der Waals surface area contributed by atoms with Crippen LogP contribution in [0.5, 0.6) is 0 Å². The fraction of sp³-hybridized carbons (Fsp3) is 0.929. The van der Waals surface area contributed by atoms with E-state index in [1.165, 1.54) is 25.7 Å². The summed E-state index contributed by atoms with van der Waals surface area (Å²) in [6.45, 7) is 2.22. The smallest absolute Gasteiger partial charge is 0.309 e. The maximum atomic E-state index is 11.7. The summed E-state index contributed by atoms with van der Waals surface area (Å²) in [7, 11) is 0. The van der Waals surface area contributed by atoms with E-state index in [9.17, 15) is 9.90 Å². The standard InChI is InChI=1S/C14H24O2/c1-11-6-5-9-14(10-11,13(15)16)12-7-3-2-4-8-12/h11-12H,2-10H2,1H3,(H,15,16). The summed E-state index contributed by atoms with van der Waals surface area (Å²) in [6, 6.07) is 0. The molecule has 2 nitrogen and oxygen atoms in total. The van der Waals surface area contributed by atoms with E-state index in [-0.39, 0.29) is 5.41 Å². The van der Waals surface area contributed by atoms with Crippen molar-refractivity contribution < 1.29 is 9.90 Å². The zero-order valence-corrected chi connectivity index (χ0v) is 10.4. The van der Waals surface area contributed by atoms with Crippen LogP contribution in [-0.2, 0) is 4.79 Å². The van der Waals surface area contributed by atoms with Crippen molar-refractivity contribution in [2.75, 3.05) is 0 Å². The van der Waals surface area contributed by atoms with Gasteiger partial charge in [-0.05, 0) is 37.5 Å². The first-order chi connectivity index (χ1) is 7.65. The Bertz CT molecular complexity index is 255. The van der Waals surface area contributed by atoms with Crippen molar-refractivity contribution >= 4 is 5.97 Å². The molecule has 2 aliphatic carbocycles. The predicted molar refractivity (Wildman–Crippen MR) is 64.3 cm³/mol. The molecule has 16 heavy (non-hydrogen) atoms. The fourth-order valence-corrected chi connectivity index (χ4v) is 3.99. The molecule has 0 radical (unpaired) electrons. The van der Waals surface area contributed by atoms with Crippen molar-refractivity contribution in [3.05, 3.63) is 0 Å². The highest BCUT2D eigenvalue weighted by molar-refractivity contribution is 5.75. The van der Waals surface area contributed by atoms with Gasteiger partial charge in [-0.15, -0.1) is 0 Å². The van der Waals surface area contributed by atoms with Gasteiger partial charge in [0.1, 0.15) is 0 Å². The molecule has 0 aromatic heterocycles. The highest BCUT2D eigenvalue weighted by atomic mass is 16.4. The summed E-state index contributed by atoms with van der Waals surface area (Å²) in [5.74, 6) is 0.555. The largest absolute Gasteiger partial charge is 0.481 e. The second-order valence-electron chi connectivity index (χ2n) is 6.00. The molecule has 2 aliphatic rings. The van der Waals surface area contributed by atoms with Crippen LogP contribution in [0.1, 0.15) is 64.7 Å². The van der Waals surface area contributed by atoms with Crippen molar-refractivity contribution in [3.8, 4) is 0 Å². The Balaban J connectivity index is 2.16. The third-order valence-corrected chi connectivity index (χ3v) is 4.85. The average Bonchev–Trinajstić information content (AvgIpc) is 2.30. The molecule has 2 atom stereocenters. The van der Waals surface area contributed by atoms with Gasteiger partial charge in [0, 0.05) is 0 Å². The summed E-state index contributed by atoms with van der Waals surface area (Å²) < 4.78 is 0. The molecule has 2 saturated carbocycles. The van der Waals surface area contributed by atoms with Crippen LogP contribution in [0.25, 0.3) is 0 Å². The van der Waals surface area contributed by atoms with Gasteiger partial charge in [-0.25, -0.2) is 0 Å². The molecule has 0 amide bonds. The first-order valence-corrected chi connectivity index (χ1v) is 6.88. The summed E-state index contributed by atoms with van der Waals surface area (Å²) in [5.41, 5.74) is -0.363. The maximum Gasteiger partial charge on any atom is 0.309 e. The second kappa shape index (κ2) is 4.77. The first kappa shape index (κ1) is 11.9. The van der Waals surface area contributed by atoms with Crippen LogP contribution in [0.2, 0.25) is 0 Å². The Morgan fingerprint density at radius 1 is 1.12 bits per heavy atom. The van der Waals surface area contributed by atoms with Gasteiger partial charge in [0.2, 0.25) is 0 Å². The second-order valence-corrected chi connectivity index (χ2v) is 6.00. The van der Waals surface area contributed by atoms with Crippen LogP contribution in [0, 0.1) is 17.3 Å². The lowest BCUT2D eigenvalue weighted by molar-refractivity contribution is -0.158. The normalized spacial score (nSPS) is 37.2. The van der Waals surface area contributed by atoms with Crippen molar-refractivity contribution in [3.63, 3.8) is 0 Å². The molecule has 2 heteroatoms. The monoisotopic (exact) mass is 224 g/mol. The van der Waals surface area contributed by atoms with Gasteiger partial charge in [-0.2, -0.15) is 0 Å². The molecule has 2 unspecified atom stereocenters. The lowest BCUT2D eigenvalue weighted by Crippen LogP contribution is -2.43. The van der Waals surface area contributed by atoms with E-state index in [0.717, 1.165) is 32.1 Å². The van der Waals surface area contributed by atoms with E-state index in [2.05, 4.69) is 6.92 Å². The van der Waals surface area contributed by atoms with Gasteiger partial charge in [0.25, 0.3) is 0 Å². The van der Waals surface area contributed by atoms with Crippen molar-refractivity contribution in [2.45, 2.75) is 64.7 Å².